The molecule has 26 heavy (non-hydrogen) atoms. The van der Waals surface area contributed by atoms with Crippen LogP contribution >= 0.6 is 0 Å². The van der Waals surface area contributed by atoms with E-state index in [4.69, 9.17) is 9.47 Å². The molecule has 0 saturated heterocycles. The third-order valence-corrected chi connectivity index (χ3v) is 4.33. The topological polar surface area (TPSA) is 86.5 Å². The summed E-state index contributed by atoms with van der Waals surface area (Å²) in [5, 5.41) is 16.8. The highest BCUT2D eigenvalue weighted by Gasteiger charge is 2.36. The maximum absolute atomic E-state index is 13.3. The molecule has 0 amide bonds. The fourth-order valence-electron chi connectivity index (χ4n) is 2.85. The molecule has 1 aromatic heterocycles. The molecule has 1 saturated carbocycles. The van der Waals surface area contributed by atoms with Gasteiger partial charge in [-0.15, -0.1) is 5.10 Å². The largest absolute Gasteiger partial charge is 0.497 e. The molecule has 0 atom stereocenters. The quantitative estimate of drug-likeness (QED) is 0.845. The van der Waals surface area contributed by atoms with Crippen LogP contribution in [0.25, 0.3) is 0 Å². The molecule has 0 unspecified atom stereocenters. The van der Waals surface area contributed by atoms with Crippen molar-refractivity contribution in [3.8, 4) is 11.6 Å². The van der Waals surface area contributed by atoms with E-state index >= 15 is 0 Å². The maximum atomic E-state index is 13.3. The fourth-order valence-corrected chi connectivity index (χ4v) is 2.85. The van der Waals surface area contributed by atoms with Crippen molar-refractivity contribution >= 4 is 5.97 Å². The van der Waals surface area contributed by atoms with Crippen molar-refractivity contribution in [2.45, 2.75) is 44.3 Å². The number of methoxy groups -OCH3 is 1. The van der Waals surface area contributed by atoms with Gasteiger partial charge in [-0.05, 0) is 30.5 Å². The summed E-state index contributed by atoms with van der Waals surface area (Å²) in [6, 6.07) is 7.17. The Morgan fingerprint density at radius 1 is 1.31 bits per heavy atom. The summed E-state index contributed by atoms with van der Waals surface area (Å²) in [5.74, 6) is -3.28. The molecule has 1 aliphatic carbocycles. The molecule has 1 N–H and O–H groups in total. The van der Waals surface area contributed by atoms with Gasteiger partial charge in [0.15, 0.2) is 0 Å². The van der Waals surface area contributed by atoms with E-state index in [9.17, 15) is 18.7 Å². The molecule has 9 heteroatoms. The second-order valence-corrected chi connectivity index (χ2v) is 6.23. The number of hydrogen-bond donors (Lipinski definition) is 1. The minimum Gasteiger partial charge on any atom is -0.497 e. The van der Waals surface area contributed by atoms with Gasteiger partial charge >= 0.3 is 5.97 Å². The van der Waals surface area contributed by atoms with Gasteiger partial charge in [0.25, 0.3) is 0 Å². The highest BCUT2D eigenvalue weighted by Crippen LogP contribution is 2.35. The van der Waals surface area contributed by atoms with Crippen LogP contribution in [0.3, 0.4) is 0 Å². The van der Waals surface area contributed by atoms with E-state index in [1.165, 1.54) is 4.68 Å². The van der Waals surface area contributed by atoms with Crippen LogP contribution in [0.4, 0.5) is 8.78 Å². The van der Waals surface area contributed by atoms with Gasteiger partial charge < -0.3 is 14.6 Å². The van der Waals surface area contributed by atoms with Crippen molar-refractivity contribution < 1.29 is 28.2 Å². The summed E-state index contributed by atoms with van der Waals surface area (Å²) in [6.07, 6.45) is -0.736. The van der Waals surface area contributed by atoms with Gasteiger partial charge in [-0.3, -0.25) is 0 Å². The summed E-state index contributed by atoms with van der Waals surface area (Å²) >= 11 is 0. The van der Waals surface area contributed by atoms with Crippen LogP contribution < -0.4 is 9.47 Å². The van der Waals surface area contributed by atoms with Gasteiger partial charge in [0.05, 0.1) is 13.7 Å². The number of carboxylic acids is 1. The number of hydrogen-bond acceptors (Lipinski definition) is 5. The number of alkyl halides is 2. The first-order chi connectivity index (χ1) is 12.4. The lowest BCUT2D eigenvalue weighted by Crippen LogP contribution is -2.31. The fraction of sp³-hybridized carbons (Fsp3) is 0.471. The van der Waals surface area contributed by atoms with E-state index in [0.29, 0.717) is 5.75 Å². The van der Waals surface area contributed by atoms with Crippen LogP contribution in [0.5, 0.6) is 11.6 Å². The molecule has 0 aliphatic heterocycles. The summed E-state index contributed by atoms with van der Waals surface area (Å²) in [5.41, 5.74) is 0.517. The van der Waals surface area contributed by atoms with Gasteiger partial charge in [0.2, 0.25) is 17.5 Å². The van der Waals surface area contributed by atoms with Crippen LogP contribution in [-0.2, 0) is 6.54 Å². The average Bonchev–Trinajstić information content (AvgIpc) is 3.00. The third kappa shape index (κ3) is 4.09. The molecule has 3 rings (SSSR count). The number of carboxylic acid groups (broad SMARTS) is 1. The lowest BCUT2D eigenvalue weighted by molar-refractivity contribution is -0.0594. The van der Waals surface area contributed by atoms with E-state index in [-0.39, 0.29) is 43.8 Å². The number of carbonyl (C=O) groups is 1. The van der Waals surface area contributed by atoms with Crippen LogP contribution in [0, 0.1) is 0 Å². The summed E-state index contributed by atoms with van der Waals surface area (Å²) in [4.78, 5) is 11.4. The predicted molar refractivity (Wildman–Crippen MR) is 86.9 cm³/mol. The second-order valence-electron chi connectivity index (χ2n) is 6.23. The molecular formula is C17H19F2N3O4. The lowest BCUT2D eigenvalue weighted by atomic mass is 9.94. The van der Waals surface area contributed by atoms with Crippen molar-refractivity contribution in [3.05, 3.63) is 35.5 Å². The van der Waals surface area contributed by atoms with Crippen molar-refractivity contribution in [2.24, 2.45) is 0 Å². The van der Waals surface area contributed by atoms with Crippen molar-refractivity contribution in [1.82, 2.24) is 15.0 Å². The first-order valence-corrected chi connectivity index (χ1v) is 8.22. The van der Waals surface area contributed by atoms with Crippen LogP contribution in [-0.4, -0.2) is 45.2 Å². The minimum absolute atomic E-state index is 0.0106. The van der Waals surface area contributed by atoms with Gasteiger partial charge in [-0.25, -0.2) is 18.3 Å². The molecule has 0 spiro atoms. The Morgan fingerprint density at radius 3 is 2.54 bits per heavy atom. The second kappa shape index (κ2) is 7.27. The highest BCUT2D eigenvalue weighted by molar-refractivity contribution is 5.87. The molecule has 2 aromatic rings. The van der Waals surface area contributed by atoms with Crippen LogP contribution in [0.15, 0.2) is 24.3 Å². The standard InChI is InChI=1S/C17H19F2N3O4/c1-25-12-4-2-11(3-5-12)10-22-15(14(16(23)24)20-21-22)26-13-6-8-17(18,19)9-7-13/h2-5,13H,6-10H2,1H3,(H,23,24). The first kappa shape index (κ1) is 18.1. The number of aromatic nitrogens is 3. The van der Waals surface area contributed by atoms with Gasteiger partial charge in [0.1, 0.15) is 11.9 Å². The van der Waals surface area contributed by atoms with Crippen molar-refractivity contribution in [3.63, 3.8) is 0 Å². The first-order valence-electron chi connectivity index (χ1n) is 8.22. The zero-order valence-corrected chi connectivity index (χ0v) is 14.2. The Bertz CT molecular complexity index is 767. The number of rotatable bonds is 6. The number of halogens is 2. The van der Waals surface area contributed by atoms with E-state index in [0.717, 1.165) is 5.56 Å². The smallest absolute Gasteiger partial charge is 0.362 e. The van der Waals surface area contributed by atoms with Crippen LogP contribution in [0.1, 0.15) is 41.7 Å². The molecule has 1 fully saturated rings. The van der Waals surface area contributed by atoms with E-state index in [1.54, 1.807) is 19.2 Å². The maximum Gasteiger partial charge on any atom is 0.362 e. The van der Waals surface area contributed by atoms with Crippen molar-refractivity contribution in [1.29, 1.82) is 0 Å². The Labute approximate surface area is 148 Å². The summed E-state index contributed by atoms with van der Waals surface area (Å²) in [6.45, 7) is 0.239. The molecule has 1 aliphatic rings. The zero-order chi connectivity index (χ0) is 18.7. The molecule has 1 aromatic carbocycles. The van der Waals surface area contributed by atoms with Gasteiger partial charge in [-0.1, -0.05) is 17.3 Å². The molecular weight excluding hydrogens is 348 g/mol. The SMILES string of the molecule is COc1ccc(Cn2nnc(C(=O)O)c2OC2CCC(F)(F)CC2)cc1. The summed E-state index contributed by atoms with van der Waals surface area (Å²) < 4.78 is 38.8. The molecule has 140 valence electrons. The lowest BCUT2D eigenvalue weighted by Gasteiger charge is -2.28. The summed E-state index contributed by atoms with van der Waals surface area (Å²) in [7, 11) is 1.56. The molecule has 7 nitrogen and oxygen atoms in total. The molecule has 0 bridgehead atoms. The Morgan fingerprint density at radius 2 is 1.96 bits per heavy atom. The van der Waals surface area contributed by atoms with E-state index in [2.05, 4.69) is 10.3 Å². The number of ether oxygens (including phenoxy) is 2. The predicted octanol–water partition coefficient (Wildman–Crippen LogP) is 2.99. The van der Waals surface area contributed by atoms with E-state index in [1.807, 2.05) is 12.1 Å². The Balaban J connectivity index is 1.78. The van der Waals surface area contributed by atoms with E-state index < -0.39 is 18.0 Å². The highest BCUT2D eigenvalue weighted by atomic mass is 19.3. The molecule has 0 radical (unpaired) electrons. The monoisotopic (exact) mass is 367 g/mol. The van der Waals surface area contributed by atoms with Gasteiger partial charge in [-0.2, -0.15) is 0 Å². The van der Waals surface area contributed by atoms with Crippen molar-refractivity contribution in [2.75, 3.05) is 7.11 Å². The Kier molecular flexibility index (Phi) is 5.06. The molecule has 1 heterocycles. The number of nitrogens with zero attached hydrogens (tertiary/aromatic N) is 3. The Hall–Kier alpha value is -2.71. The number of benzene rings is 1. The third-order valence-electron chi connectivity index (χ3n) is 4.33. The zero-order valence-electron chi connectivity index (χ0n) is 14.2. The van der Waals surface area contributed by atoms with Gasteiger partial charge in [0, 0.05) is 12.8 Å². The average molecular weight is 367 g/mol. The minimum atomic E-state index is -2.68. The normalized spacial score (nSPS) is 17.0. The van der Waals surface area contributed by atoms with Crippen LogP contribution in [0.2, 0.25) is 0 Å². The number of aromatic carboxylic acids is 1.